The van der Waals surface area contributed by atoms with E-state index in [4.69, 9.17) is 19.2 Å². The van der Waals surface area contributed by atoms with Crippen LogP contribution in [0.4, 0.5) is 5.82 Å². The van der Waals surface area contributed by atoms with Gasteiger partial charge in [0.25, 0.3) is 0 Å². The number of rotatable bonds is 36. The van der Waals surface area contributed by atoms with Gasteiger partial charge >= 0.3 is 0 Å². The van der Waals surface area contributed by atoms with E-state index < -0.39 is 9.84 Å². The molecule has 0 atom stereocenters. The molecule has 0 bridgehead atoms. The summed E-state index contributed by atoms with van der Waals surface area (Å²) in [5.74, 6) is 3.58. The van der Waals surface area contributed by atoms with Crippen molar-refractivity contribution in [1.82, 2.24) is 64.5 Å². The second-order valence-corrected chi connectivity index (χ2v) is 30.0. The molecule has 20 heteroatoms. The number of ether oxygens (including phenoxy) is 3. The van der Waals surface area contributed by atoms with Gasteiger partial charge in [-0.1, -0.05) is 127 Å². The fourth-order valence-electron chi connectivity index (χ4n) is 12.4. The molecule has 0 amide bonds. The number of nitrogens with zero attached hydrogens (tertiary/aromatic N) is 12. The molecular weight excluding hydrogens is 1310 g/mol. The minimum Gasteiger partial charge on any atom is -0.494 e. The van der Waals surface area contributed by atoms with Gasteiger partial charge in [-0.25, -0.2) is 13.4 Å². The van der Waals surface area contributed by atoms with Gasteiger partial charge in [-0.3, -0.25) is 19.6 Å². The second kappa shape index (κ2) is 47.3. The summed E-state index contributed by atoms with van der Waals surface area (Å²) in [4.78, 5) is 16.6. The summed E-state index contributed by atoms with van der Waals surface area (Å²) in [6.45, 7) is 26.8. The molecule has 1 aliphatic carbocycles. The molecule has 5 aromatic heterocycles. The summed E-state index contributed by atoms with van der Waals surface area (Å²) in [6.07, 6.45) is 27.4. The Morgan fingerprint density at radius 3 is 1.49 bits per heavy atom. The summed E-state index contributed by atoms with van der Waals surface area (Å²) in [7, 11) is 9.79. The number of hydrogen-bond acceptors (Lipinski definition) is 15. The Morgan fingerprint density at radius 2 is 1.03 bits per heavy atom. The summed E-state index contributed by atoms with van der Waals surface area (Å²) >= 11 is 0. The molecule has 0 radical (unpaired) electrons. The molecule has 6 heterocycles. The van der Waals surface area contributed by atoms with Crippen molar-refractivity contribution in [2.45, 2.75) is 206 Å². The zero-order valence-electron chi connectivity index (χ0n) is 62.6. The molecule has 1 saturated carbocycles. The van der Waals surface area contributed by atoms with Gasteiger partial charge in [-0.05, 0) is 192 Å². The monoisotopic (exact) mass is 1440 g/mol. The van der Waals surface area contributed by atoms with Crippen molar-refractivity contribution in [1.29, 1.82) is 0 Å². The van der Waals surface area contributed by atoms with Crippen LogP contribution >= 0.6 is 0 Å². The van der Waals surface area contributed by atoms with Crippen molar-refractivity contribution in [3.63, 3.8) is 0 Å². The van der Waals surface area contributed by atoms with E-state index in [9.17, 15) is 8.42 Å². The molecule has 103 heavy (non-hydrogen) atoms. The smallest absolute Gasteiger partial charge is 0.147 e. The lowest BCUT2D eigenvalue weighted by atomic mass is 9.99. The number of unbranched alkanes of at least 4 members (excludes halogenated alkanes) is 4. The van der Waals surface area contributed by atoms with Gasteiger partial charge in [0.05, 0.1) is 66.0 Å². The molecule has 1 saturated heterocycles. The lowest BCUT2D eigenvalue weighted by Crippen LogP contribution is -2.39. The first kappa shape index (κ1) is 90.0. The molecule has 0 unspecified atom stereocenters. The van der Waals surface area contributed by atoms with E-state index in [1.54, 1.807) is 0 Å². The molecule has 19 nitrogen and oxygen atoms in total. The summed E-state index contributed by atoms with van der Waals surface area (Å²) in [6, 6.07) is 30.0. The van der Waals surface area contributed by atoms with Crippen LogP contribution in [-0.2, 0) is 61.3 Å². The predicted octanol–water partition coefficient (Wildman–Crippen LogP) is 17.8. The molecule has 3 aromatic carbocycles. The van der Waals surface area contributed by atoms with Crippen LogP contribution in [0.1, 0.15) is 189 Å². The number of aromatic amines is 2. The largest absolute Gasteiger partial charge is 0.494 e. The summed E-state index contributed by atoms with van der Waals surface area (Å²) < 4.78 is 43.3. The molecule has 2 fully saturated rings. The Morgan fingerprint density at radius 1 is 0.553 bits per heavy atom. The number of pyridine rings is 1. The normalized spacial score (nSPS) is 12.8. The van der Waals surface area contributed by atoms with E-state index in [1.807, 2.05) is 84.8 Å². The van der Waals surface area contributed by atoms with Crippen LogP contribution in [0, 0.1) is 5.92 Å². The highest BCUT2D eigenvalue weighted by Crippen LogP contribution is 2.33. The zero-order valence-corrected chi connectivity index (χ0v) is 63.4. The van der Waals surface area contributed by atoms with Crippen molar-refractivity contribution in [3.8, 4) is 56.5 Å². The van der Waals surface area contributed by atoms with E-state index in [0.29, 0.717) is 31.1 Å². The number of benzene rings is 3. The first-order valence-corrected chi connectivity index (χ1v) is 38.7. The minimum absolute atomic E-state index is 0. The topological polar surface area (TPSA) is 184 Å². The van der Waals surface area contributed by atoms with Crippen molar-refractivity contribution in [3.05, 3.63) is 144 Å². The highest BCUT2D eigenvalue weighted by molar-refractivity contribution is 7.90. The van der Waals surface area contributed by atoms with Crippen LogP contribution in [0.3, 0.4) is 0 Å². The maximum atomic E-state index is 11.1. The number of aryl methyl sites for hydroxylation is 2. The molecule has 8 aromatic rings. The fraction of sp³-hybridized carbons (Fsp3) is 0.578. The number of aromatic nitrogens is 9. The van der Waals surface area contributed by atoms with Crippen LogP contribution < -0.4 is 14.4 Å². The molecule has 1 aliphatic heterocycles. The zero-order chi connectivity index (χ0) is 71.1. The first-order chi connectivity index (χ1) is 47.8. The van der Waals surface area contributed by atoms with Crippen molar-refractivity contribution >= 4 is 15.7 Å². The van der Waals surface area contributed by atoms with E-state index in [-0.39, 0.29) is 35.5 Å². The Bertz CT molecular complexity index is 3560. The van der Waals surface area contributed by atoms with Crippen LogP contribution in [0.25, 0.3) is 45.0 Å². The Hall–Kier alpha value is -7.20. The lowest BCUT2D eigenvalue weighted by Gasteiger charge is -2.34. The molecule has 0 spiro atoms. The van der Waals surface area contributed by atoms with Crippen LogP contribution in [-0.4, -0.2) is 178 Å². The van der Waals surface area contributed by atoms with Crippen molar-refractivity contribution < 1.29 is 22.6 Å². The van der Waals surface area contributed by atoms with Gasteiger partial charge < -0.3 is 38.7 Å². The van der Waals surface area contributed by atoms with Crippen LogP contribution in [0.5, 0.6) is 11.5 Å². The van der Waals surface area contributed by atoms with Gasteiger partial charge in [-0.15, -0.1) is 0 Å². The maximum Gasteiger partial charge on any atom is 0.147 e. The Kier molecular flexibility index (Phi) is 41.3. The van der Waals surface area contributed by atoms with Gasteiger partial charge in [-0.2, -0.15) is 20.4 Å². The fourth-order valence-corrected chi connectivity index (χ4v) is 13.1. The molecule has 2 aliphatic rings. The number of sulfone groups is 1. The Labute approximate surface area is 623 Å². The Balaban J connectivity index is 0.000000353. The standard InChI is InChI=1S/C21H33N5O.C20H31N3.C19H29N3O3S.C19H27N3O.4CH4/c1-4-6-11-25(3)16-18-15-23-24-21(18)17-7-8-20(22-14-17)26(5-2)19-9-12-27-13-10-19;1-6-7-11-22(4)15-19-14-21-23(5)20(19)18-10-8-9-17(13-18)12-16(2)3;1-4-5-11-22(2)15-17-14-20-21-19(17)16-7-9-18(10-8-16)25-12-6-13-26(3,23)24;1-4-5-11-21(2)14-16-13-20-22(3)19(16)15-7-6-8-18(12-15)23-17-9-10-17;;;;/h7-8,14-15,19H,4-6,9-13,16H2,1-3H3,(H,23,24);8-10,13-14,16H,6-7,11-12,15H2,1-5H3;7-10,14H,4-6,11-13,15H2,1-3H3,(H,20,21);6-8,12-13,17H,4-5,9-11,14H2,1-3H3;4*1H4. The molecule has 2 N–H and O–H groups in total. The van der Waals surface area contributed by atoms with Gasteiger partial charge in [0, 0.05) is 123 Å². The SMILES string of the molecule is C.C.C.C.CCCCN(C)Cc1cn[nH]c1-c1ccc(N(CC)C2CCOCC2)nc1.CCCCN(C)Cc1cn[nH]c1-c1ccc(OCCCS(C)(=O)=O)cc1.CCCCN(C)Cc1cnn(C)c1-c1cccc(CC(C)C)c1.CCCCN(C)Cc1cnn(C)c1-c1cccc(OC2CC2)c1. The molecule has 10 rings (SSSR count). The number of nitrogens with one attached hydrogen (secondary N) is 2. The summed E-state index contributed by atoms with van der Waals surface area (Å²) in [5, 5.41) is 23.7. The van der Waals surface area contributed by atoms with Gasteiger partial charge in [0.1, 0.15) is 27.2 Å². The second-order valence-electron chi connectivity index (χ2n) is 27.7. The van der Waals surface area contributed by atoms with Crippen molar-refractivity contribution in [2.75, 3.05) is 97.6 Å². The number of H-pyrrole nitrogens is 2. The third-order valence-electron chi connectivity index (χ3n) is 18.0. The van der Waals surface area contributed by atoms with Gasteiger partial charge in [0.15, 0.2) is 0 Å². The first-order valence-electron chi connectivity index (χ1n) is 36.7. The maximum absolute atomic E-state index is 11.1. The average molecular weight is 1440 g/mol. The number of anilines is 1. The third-order valence-corrected chi connectivity index (χ3v) is 19.0. The predicted molar refractivity (Wildman–Crippen MR) is 434 cm³/mol. The van der Waals surface area contributed by atoms with E-state index in [2.05, 4.69) is 186 Å². The highest BCUT2D eigenvalue weighted by atomic mass is 32.2. The van der Waals surface area contributed by atoms with Crippen molar-refractivity contribution in [2.24, 2.45) is 20.0 Å². The quantitative estimate of drug-likeness (QED) is 0.0353. The minimum atomic E-state index is -2.93. The van der Waals surface area contributed by atoms with E-state index >= 15 is 0 Å². The highest BCUT2D eigenvalue weighted by Gasteiger charge is 2.25. The average Bonchev–Trinajstić information content (AvgIpc) is 1.74. The van der Waals surface area contributed by atoms with E-state index in [0.717, 1.165) is 131 Å². The van der Waals surface area contributed by atoms with Crippen LogP contribution in [0.2, 0.25) is 0 Å². The van der Waals surface area contributed by atoms with E-state index in [1.165, 1.54) is 121 Å². The number of hydrogen-bond donors (Lipinski definition) is 2. The summed E-state index contributed by atoms with van der Waals surface area (Å²) in [5.41, 5.74) is 15.5. The molecular formula is C83H136N14O5S. The van der Waals surface area contributed by atoms with Crippen LogP contribution in [0.15, 0.2) is 116 Å². The lowest BCUT2D eigenvalue weighted by molar-refractivity contribution is 0.0845. The molecule has 574 valence electrons. The third kappa shape index (κ3) is 30.4. The van der Waals surface area contributed by atoms with Gasteiger partial charge in [0.2, 0.25) is 0 Å².